The van der Waals surface area contributed by atoms with Crippen molar-refractivity contribution in [2.45, 2.75) is 19.9 Å². The van der Waals surface area contributed by atoms with Gasteiger partial charge in [0.1, 0.15) is 11.6 Å². The minimum Gasteiger partial charge on any atom is -0.384 e. The van der Waals surface area contributed by atoms with Gasteiger partial charge in [-0.2, -0.15) is 0 Å². The first-order valence-electron chi connectivity index (χ1n) is 6.01. The summed E-state index contributed by atoms with van der Waals surface area (Å²) >= 11 is 2.92. The van der Waals surface area contributed by atoms with Gasteiger partial charge in [-0.15, -0.1) is 22.7 Å². The maximum absolute atomic E-state index is 12.1. The number of carbonyl (C=O) groups is 1. The summed E-state index contributed by atoms with van der Waals surface area (Å²) in [6, 6.07) is 1.61. The molecule has 0 bridgehead atoms. The fourth-order valence-electron chi connectivity index (χ4n) is 1.56. The van der Waals surface area contributed by atoms with Gasteiger partial charge in [0.25, 0.3) is 5.91 Å². The zero-order valence-corrected chi connectivity index (χ0v) is 12.8. The molecule has 0 fully saturated rings. The van der Waals surface area contributed by atoms with Crippen LogP contribution in [0.1, 0.15) is 38.9 Å². The molecule has 1 unspecified atom stereocenters. The molecule has 6 heteroatoms. The van der Waals surface area contributed by atoms with Crippen molar-refractivity contribution in [2.24, 2.45) is 0 Å². The van der Waals surface area contributed by atoms with E-state index in [-0.39, 0.29) is 18.6 Å². The van der Waals surface area contributed by atoms with Crippen LogP contribution in [-0.2, 0) is 0 Å². The van der Waals surface area contributed by atoms with Crippen LogP contribution in [0.2, 0.25) is 0 Å². The standard InChI is InChI=1S/C14H14N2O2S2/c1-9-7-20-14(15-9)10(2)16-13(18)11-6-12(19-8-11)4-3-5-17/h6-8,10,17H,5H2,1-2H3,(H,16,18). The van der Waals surface area contributed by atoms with E-state index < -0.39 is 0 Å². The van der Waals surface area contributed by atoms with Crippen molar-refractivity contribution < 1.29 is 9.90 Å². The van der Waals surface area contributed by atoms with Gasteiger partial charge >= 0.3 is 0 Å². The van der Waals surface area contributed by atoms with E-state index in [9.17, 15) is 4.79 Å². The smallest absolute Gasteiger partial charge is 0.252 e. The largest absolute Gasteiger partial charge is 0.384 e. The van der Waals surface area contributed by atoms with E-state index in [1.807, 2.05) is 19.2 Å². The number of aromatic nitrogens is 1. The average Bonchev–Trinajstić information content (AvgIpc) is 3.05. The van der Waals surface area contributed by atoms with Crippen molar-refractivity contribution in [1.29, 1.82) is 0 Å². The number of thiophene rings is 1. The molecule has 2 aromatic heterocycles. The van der Waals surface area contributed by atoms with Crippen LogP contribution in [0.15, 0.2) is 16.8 Å². The Morgan fingerprint density at radius 1 is 1.50 bits per heavy atom. The number of thiazole rings is 1. The van der Waals surface area contributed by atoms with Crippen molar-refractivity contribution in [2.75, 3.05) is 6.61 Å². The molecule has 2 rings (SSSR count). The van der Waals surface area contributed by atoms with Crippen molar-refractivity contribution in [3.05, 3.63) is 38.0 Å². The normalized spacial score (nSPS) is 11.6. The molecule has 0 aromatic carbocycles. The summed E-state index contributed by atoms with van der Waals surface area (Å²) in [5, 5.41) is 16.2. The third kappa shape index (κ3) is 3.67. The lowest BCUT2D eigenvalue weighted by Crippen LogP contribution is -2.26. The molecular weight excluding hydrogens is 292 g/mol. The highest BCUT2D eigenvalue weighted by Gasteiger charge is 2.15. The number of rotatable bonds is 3. The van der Waals surface area contributed by atoms with Gasteiger partial charge < -0.3 is 10.4 Å². The number of hydrogen-bond donors (Lipinski definition) is 2. The van der Waals surface area contributed by atoms with E-state index in [0.29, 0.717) is 5.56 Å². The van der Waals surface area contributed by atoms with Crippen molar-refractivity contribution in [1.82, 2.24) is 10.3 Å². The monoisotopic (exact) mass is 306 g/mol. The van der Waals surface area contributed by atoms with Crippen LogP contribution in [0, 0.1) is 18.8 Å². The number of nitrogens with one attached hydrogen (secondary N) is 1. The topological polar surface area (TPSA) is 62.2 Å². The average molecular weight is 306 g/mol. The van der Waals surface area contributed by atoms with Gasteiger partial charge in [0.15, 0.2) is 0 Å². The van der Waals surface area contributed by atoms with Crippen LogP contribution in [0.4, 0.5) is 0 Å². The molecule has 0 radical (unpaired) electrons. The number of hydrogen-bond acceptors (Lipinski definition) is 5. The van der Waals surface area contributed by atoms with E-state index >= 15 is 0 Å². The van der Waals surface area contributed by atoms with Crippen LogP contribution in [0.5, 0.6) is 0 Å². The summed E-state index contributed by atoms with van der Waals surface area (Å²) in [7, 11) is 0. The highest BCUT2D eigenvalue weighted by Crippen LogP contribution is 2.19. The van der Waals surface area contributed by atoms with Crippen LogP contribution < -0.4 is 5.32 Å². The fraction of sp³-hybridized carbons (Fsp3) is 0.286. The molecular formula is C14H14N2O2S2. The molecule has 1 amide bonds. The zero-order chi connectivity index (χ0) is 14.5. The second-order valence-corrected chi connectivity index (χ2v) is 5.98. The molecule has 0 aliphatic rings. The van der Waals surface area contributed by atoms with Crippen LogP contribution >= 0.6 is 22.7 Å². The molecule has 2 N–H and O–H groups in total. The van der Waals surface area contributed by atoms with Crippen molar-refractivity contribution >= 4 is 28.6 Å². The lowest BCUT2D eigenvalue weighted by Gasteiger charge is -2.10. The number of amides is 1. The second kappa shape index (κ2) is 6.66. The van der Waals surface area contributed by atoms with Gasteiger partial charge in [-0.1, -0.05) is 11.8 Å². The van der Waals surface area contributed by atoms with E-state index in [4.69, 9.17) is 5.11 Å². The van der Waals surface area contributed by atoms with Crippen molar-refractivity contribution in [3.8, 4) is 11.8 Å². The van der Waals surface area contributed by atoms with Gasteiger partial charge in [0.2, 0.25) is 0 Å². The first kappa shape index (κ1) is 14.7. The number of nitrogens with zero attached hydrogens (tertiary/aromatic N) is 1. The highest BCUT2D eigenvalue weighted by molar-refractivity contribution is 7.10. The molecule has 20 heavy (non-hydrogen) atoms. The molecule has 0 aliphatic heterocycles. The predicted octanol–water partition coefficient (Wildman–Crippen LogP) is 2.35. The maximum atomic E-state index is 12.1. The third-order valence-electron chi connectivity index (χ3n) is 2.51. The minimum absolute atomic E-state index is 0.118. The number of aliphatic hydroxyl groups excluding tert-OH is 1. The quantitative estimate of drug-likeness (QED) is 0.856. The molecule has 104 valence electrons. The fourth-order valence-corrected chi connectivity index (χ4v) is 3.12. The SMILES string of the molecule is Cc1csc(C(C)NC(=O)c2csc(C#CCO)c2)n1. The van der Waals surface area contributed by atoms with Gasteiger partial charge in [-0.3, -0.25) is 4.79 Å². The number of aliphatic hydroxyl groups is 1. The van der Waals surface area contributed by atoms with Gasteiger partial charge in [-0.25, -0.2) is 4.98 Å². The zero-order valence-electron chi connectivity index (χ0n) is 11.1. The minimum atomic E-state index is -0.181. The first-order chi connectivity index (χ1) is 9.60. The van der Waals surface area contributed by atoms with Gasteiger partial charge in [0, 0.05) is 16.5 Å². The Balaban J connectivity index is 2.02. The van der Waals surface area contributed by atoms with E-state index in [2.05, 4.69) is 22.1 Å². The Labute approximate surface area is 125 Å². The molecule has 2 aromatic rings. The lowest BCUT2D eigenvalue weighted by atomic mass is 10.2. The van der Waals surface area contributed by atoms with Gasteiger partial charge in [-0.05, 0) is 19.9 Å². The molecule has 4 nitrogen and oxygen atoms in total. The van der Waals surface area contributed by atoms with E-state index in [1.165, 1.54) is 22.7 Å². The van der Waals surface area contributed by atoms with Gasteiger partial charge in [0.05, 0.1) is 16.5 Å². The Hall–Kier alpha value is -1.68. The van der Waals surface area contributed by atoms with Crippen LogP contribution in [0.3, 0.4) is 0 Å². The third-order valence-corrected chi connectivity index (χ3v) is 4.50. The summed E-state index contributed by atoms with van der Waals surface area (Å²) in [6.07, 6.45) is 0. The van der Waals surface area contributed by atoms with Crippen LogP contribution in [0.25, 0.3) is 0 Å². The molecule has 0 aliphatic carbocycles. The van der Waals surface area contributed by atoms with E-state index in [0.717, 1.165) is 15.6 Å². The molecule has 0 saturated heterocycles. The van der Waals surface area contributed by atoms with Crippen LogP contribution in [-0.4, -0.2) is 22.6 Å². The highest BCUT2D eigenvalue weighted by atomic mass is 32.1. The molecule has 2 heterocycles. The summed E-state index contributed by atoms with van der Waals surface area (Å²) in [5.74, 6) is 5.21. The Kier molecular flexibility index (Phi) is 4.90. The van der Waals surface area contributed by atoms with Crippen molar-refractivity contribution in [3.63, 3.8) is 0 Å². The Bertz CT molecular complexity index is 664. The summed E-state index contributed by atoms with van der Waals surface area (Å²) < 4.78 is 0. The molecule has 0 spiro atoms. The lowest BCUT2D eigenvalue weighted by molar-refractivity contribution is 0.0940. The predicted molar refractivity (Wildman–Crippen MR) is 81.0 cm³/mol. The summed E-state index contributed by atoms with van der Waals surface area (Å²) in [6.45, 7) is 3.66. The number of aryl methyl sites for hydroxylation is 1. The number of carbonyl (C=O) groups excluding carboxylic acids is 1. The Morgan fingerprint density at radius 2 is 2.30 bits per heavy atom. The second-order valence-electron chi connectivity index (χ2n) is 4.18. The summed E-state index contributed by atoms with van der Waals surface area (Å²) in [5.41, 5.74) is 1.54. The molecule has 0 saturated carbocycles. The summed E-state index contributed by atoms with van der Waals surface area (Å²) in [4.78, 5) is 17.2. The Morgan fingerprint density at radius 3 is 2.95 bits per heavy atom. The van der Waals surface area contributed by atoms with E-state index in [1.54, 1.807) is 11.4 Å². The molecule has 1 atom stereocenters. The maximum Gasteiger partial charge on any atom is 0.252 e. The first-order valence-corrected chi connectivity index (χ1v) is 7.77.